The normalized spacial score (nSPS) is 10.8. The predicted molar refractivity (Wildman–Crippen MR) is 88.3 cm³/mol. The number of benzene rings is 1. The third-order valence-corrected chi connectivity index (χ3v) is 4.02. The first kappa shape index (κ1) is 14.7. The van der Waals surface area contributed by atoms with Crippen LogP contribution in [-0.2, 0) is 6.42 Å². The van der Waals surface area contributed by atoms with E-state index in [0.29, 0.717) is 12.3 Å². The van der Waals surface area contributed by atoms with Crippen molar-refractivity contribution < 1.29 is 9.21 Å². The van der Waals surface area contributed by atoms with Gasteiger partial charge >= 0.3 is 0 Å². The number of hydrogen-bond acceptors (Lipinski definition) is 4. The summed E-state index contributed by atoms with van der Waals surface area (Å²) in [6.45, 7) is 0.545. The summed E-state index contributed by atoms with van der Waals surface area (Å²) in [6, 6.07) is 13.6. The summed E-state index contributed by atoms with van der Waals surface area (Å²) >= 11 is 1.47. The number of thioether (sulfide) groups is 1. The summed E-state index contributed by atoms with van der Waals surface area (Å²) < 4.78 is 5.41. The minimum Gasteiger partial charge on any atom is -0.445 e. The Labute approximate surface area is 132 Å². The summed E-state index contributed by atoms with van der Waals surface area (Å²) in [5.41, 5.74) is 2.12. The van der Waals surface area contributed by atoms with Gasteiger partial charge in [0.05, 0.1) is 5.52 Å². The van der Waals surface area contributed by atoms with E-state index in [1.165, 1.54) is 11.8 Å². The molecule has 1 N–H and O–H groups in total. The zero-order chi connectivity index (χ0) is 15.4. The smallest absolute Gasteiger partial charge is 0.287 e. The molecule has 0 aliphatic carbocycles. The van der Waals surface area contributed by atoms with Crippen molar-refractivity contribution in [2.45, 2.75) is 11.5 Å². The van der Waals surface area contributed by atoms with Crippen LogP contribution in [0, 0.1) is 0 Å². The summed E-state index contributed by atoms with van der Waals surface area (Å²) in [6.07, 6.45) is 4.43. The molecule has 3 rings (SSSR count). The van der Waals surface area contributed by atoms with Crippen molar-refractivity contribution in [1.29, 1.82) is 0 Å². The van der Waals surface area contributed by atoms with E-state index in [2.05, 4.69) is 10.3 Å². The number of pyridine rings is 1. The first-order valence-electron chi connectivity index (χ1n) is 7.02. The van der Waals surface area contributed by atoms with Crippen molar-refractivity contribution in [2.75, 3.05) is 12.8 Å². The molecule has 0 aliphatic rings. The highest BCUT2D eigenvalue weighted by atomic mass is 32.2. The molecule has 0 bridgehead atoms. The van der Waals surface area contributed by atoms with Crippen molar-refractivity contribution in [2.24, 2.45) is 0 Å². The van der Waals surface area contributed by atoms with Crippen LogP contribution in [0.1, 0.15) is 16.1 Å². The van der Waals surface area contributed by atoms with Gasteiger partial charge in [-0.1, -0.05) is 36.0 Å². The summed E-state index contributed by atoms with van der Waals surface area (Å²) in [5, 5.41) is 4.73. The van der Waals surface area contributed by atoms with Gasteiger partial charge in [0.1, 0.15) is 0 Å². The fourth-order valence-electron chi connectivity index (χ4n) is 2.32. The van der Waals surface area contributed by atoms with Crippen LogP contribution in [0.2, 0.25) is 0 Å². The standard InChI is InChI=1S/C17H16N2O2S/c1-22-15-8-7-14(21-15)17(20)19-11-9-13-5-2-4-12-6-3-10-18-16(12)13/h2-8,10H,9,11H2,1H3,(H,19,20). The molecule has 4 nitrogen and oxygen atoms in total. The Bertz CT molecular complexity index is 793. The van der Waals surface area contributed by atoms with Crippen LogP contribution >= 0.6 is 11.8 Å². The van der Waals surface area contributed by atoms with E-state index in [9.17, 15) is 4.79 Å². The number of hydrogen-bond donors (Lipinski definition) is 1. The number of carbonyl (C=O) groups excluding carboxylic acids is 1. The Balaban J connectivity index is 1.63. The number of rotatable bonds is 5. The van der Waals surface area contributed by atoms with Gasteiger partial charge in [-0.3, -0.25) is 9.78 Å². The molecule has 5 heteroatoms. The Kier molecular flexibility index (Phi) is 4.44. The zero-order valence-corrected chi connectivity index (χ0v) is 13.0. The van der Waals surface area contributed by atoms with Crippen LogP contribution in [0.5, 0.6) is 0 Å². The first-order chi connectivity index (χ1) is 10.8. The number of amides is 1. The molecule has 3 aromatic rings. The number of fused-ring (bicyclic) bond motifs is 1. The molecule has 1 aromatic carbocycles. The number of aromatic nitrogens is 1. The Morgan fingerprint density at radius 1 is 1.23 bits per heavy atom. The summed E-state index contributed by atoms with van der Waals surface area (Å²) in [5.74, 6) is 0.161. The SMILES string of the molecule is CSc1ccc(C(=O)NCCc2cccc3cccnc23)o1. The largest absolute Gasteiger partial charge is 0.445 e. The number of furan rings is 1. The van der Waals surface area contributed by atoms with Crippen LogP contribution in [0.25, 0.3) is 10.9 Å². The molecule has 0 aliphatic heterocycles. The predicted octanol–water partition coefficient (Wildman–Crippen LogP) is 3.52. The van der Waals surface area contributed by atoms with Gasteiger partial charge in [-0.2, -0.15) is 0 Å². The highest BCUT2D eigenvalue weighted by molar-refractivity contribution is 7.98. The van der Waals surface area contributed by atoms with Crippen molar-refractivity contribution in [1.82, 2.24) is 10.3 Å². The van der Waals surface area contributed by atoms with Gasteiger partial charge in [-0.05, 0) is 36.4 Å². The Hall–Kier alpha value is -2.27. The molecular weight excluding hydrogens is 296 g/mol. The molecular formula is C17H16N2O2S. The lowest BCUT2D eigenvalue weighted by Gasteiger charge is -2.06. The molecule has 1 amide bonds. The molecule has 2 aromatic heterocycles. The summed E-state index contributed by atoms with van der Waals surface area (Å²) in [7, 11) is 0. The fraction of sp³-hybridized carbons (Fsp3) is 0.176. The van der Waals surface area contributed by atoms with Gasteiger partial charge in [0.25, 0.3) is 5.91 Å². The minimum absolute atomic E-state index is 0.187. The lowest BCUT2D eigenvalue weighted by Crippen LogP contribution is -2.25. The van der Waals surface area contributed by atoms with Crippen LogP contribution < -0.4 is 5.32 Å². The van der Waals surface area contributed by atoms with Crippen molar-refractivity contribution in [3.63, 3.8) is 0 Å². The average Bonchev–Trinajstić information content (AvgIpc) is 3.04. The van der Waals surface area contributed by atoms with E-state index in [1.54, 1.807) is 18.3 Å². The van der Waals surface area contributed by atoms with Gasteiger partial charge in [-0.15, -0.1) is 0 Å². The number of carbonyl (C=O) groups is 1. The number of para-hydroxylation sites is 1. The van der Waals surface area contributed by atoms with E-state index in [0.717, 1.165) is 28.0 Å². The molecule has 0 saturated heterocycles. The lowest BCUT2D eigenvalue weighted by molar-refractivity contribution is 0.0921. The van der Waals surface area contributed by atoms with Crippen LogP contribution in [0.15, 0.2) is 58.2 Å². The second-order valence-electron chi connectivity index (χ2n) is 4.82. The van der Waals surface area contributed by atoms with Crippen molar-refractivity contribution in [3.05, 3.63) is 60.0 Å². The van der Waals surface area contributed by atoms with Crippen LogP contribution in [-0.4, -0.2) is 23.7 Å². The molecule has 0 spiro atoms. The maximum absolute atomic E-state index is 12.0. The zero-order valence-electron chi connectivity index (χ0n) is 12.2. The maximum atomic E-state index is 12.0. The summed E-state index contributed by atoms with van der Waals surface area (Å²) in [4.78, 5) is 16.4. The molecule has 0 saturated carbocycles. The third kappa shape index (κ3) is 3.14. The second-order valence-corrected chi connectivity index (χ2v) is 5.63. The van der Waals surface area contributed by atoms with Crippen LogP contribution in [0.3, 0.4) is 0 Å². The van der Waals surface area contributed by atoms with Crippen LogP contribution in [0.4, 0.5) is 0 Å². The van der Waals surface area contributed by atoms with E-state index >= 15 is 0 Å². The number of nitrogens with one attached hydrogen (secondary N) is 1. The van der Waals surface area contributed by atoms with Gasteiger partial charge < -0.3 is 9.73 Å². The highest BCUT2D eigenvalue weighted by Crippen LogP contribution is 2.18. The molecule has 2 heterocycles. The number of nitrogens with zero attached hydrogens (tertiary/aromatic N) is 1. The van der Waals surface area contributed by atoms with Gasteiger partial charge in [0.15, 0.2) is 10.9 Å². The van der Waals surface area contributed by atoms with Gasteiger partial charge in [-0.25, -0.2) is 0 Å². The van der Waals surface area contributed by atoms with E-state index < -0.39 is 0 Å². The van der Waals surface area contributed by atoms with Gasteiger partial charge in [0.2, 0.25) is 0 Å². The highest BCUT2D eigenvalue weighted by Gasteiger charge is 2.10. The molecule has 0 radical (unpaired) electrons. The Morgan fingerprint density at radius 2 is 2.09 bits per heavy atom. The van der Waals surface area contributed by atoms with Crippen molar-refractivity contribution in [3.8, 4) is 0 Å². The topological polar surface area (TPSA) is 55.1 Å². The molecule has 22 heavy (non-hydrogen) atoms. The Morgan fingerprint density at radius 3 is 2.91 bits per heavy atom. The lowest BCUT2D eigenvalue weighted by atomic mass is 10.1. The average molecular weight is 312 g/mol. The molecule has 0 atom stereocenters. The van der Waals surface area contributed by atoms with E-state index in [4.69, 9.17) is 4.42 Å². The third-order valence-electron chi connectivity index (χ3n) is 3.40. The van der Waals surface area contributed by atoms with Crippen molar-refractivity contribution >= 4 is 28.6 Å². The molecule has 0 unspecified atom stereocenters. The van der Waals surface area contributed by atoms with E-state index in [1.807, 2.05) is 36.6 Å². The molecule has 112 valence electrons. The maximum Gasteiger partial charge on any atom is 0.287 e. The minimum atomic E-state index is -0.187. The fourth-order valence-corrected chi connectivity index (χ4v) is 2.70. The monoisotopic (exact) mass is 312 g/mol. The van der Waals surface area contributed by atoms with E-state index in [-0.39, 0.29) is 5.91 Å². The molecule has 0 fully saturated rings. The second kappa shape index (κ2) is 6.66. The van der Waals surface area contributed by atoms with Gasteiger partial charge in [0, 0.05) is 18.1 Å². The quantitative estimate of drug-likeness (QED) is 0.732. The first-order valence-corrected chi connectivity index (χ1v) is 8.25.